The van der Waals surface area contributed by atoms with Gasteiger partial charge < -0.3 is 5.11 Å². The molecule has 0 aliphatic heterocycles. The largest absolute Gasteiger partial charge is 0.392 e. The third kappa shape index (κ3) is 3.79. The van der Waals surface area contributed by atoms with Crippen molar-refractivity contribution in [1.29, 1.82) is 0 Å². The van der Waals surface area contributed by atoms with Crippen LogP contribution in [0.5, 0.6) is 0 Å². The number of hydrogen-bond donors (Lipinski definition) is 1. The number of thioether (sulfide) groups is 1. The Morgan fingerprint density at radius 3 is 2.58 bits per heavy atom. The zero-order chi connectivity index (χ0) is 8.81. The molecule has 0 aromatic heterocycles. The Morgan fingerprint density at radius 2 is 2.00 bits per heavy atom. The van der Waals surface area contributed by atoms with E-state index in [0.29, 0.717) is 5.75 Å². The lowest BCUT2D eigenvalue weighted by molar-refractivity contribution is 0.246. The first-order chi connectivity index (χ1) is 5.79. The standard InChI is InChI=1S/C10H13OS/c1-9(11)7-12-8-10-5-3-2-4-6-10/h2-6,9,11H,1,7-8H2. The van der Waals surface area contributed by atoms with Crippen molar-refractivity contribution < 1.29 is 5.11 Å². The summed E-state index contributed by atoms with van der Waals surface area (Å²) >= 11 is 1.70. The van der Waals surface area contributed by atoms with Gasteiger partial charge in [-0.3, -0.25) is 0 Å². The maximum absolute atomic E-state index is 8.90. The Balaban J connectivity index is 2.25. The topological polar surface area (TPSA) is 20.2 Å². The summed E-state index contributed by atoms with van der Waals surface area (Å²) < 4.78 is 0. The second-order valence-electron chi connectivity index (χ2n) is 2.65. The maximum atomic E-state index is 8.90. The SMILES string of the molecule is [CH2]C(O)CSCc1ccccc1. The normalized spacial score (nSPS) is 12.8. The zero-order valence-corrected chi connectivity index (χ0v) is 7.76. The Kier molecular flexibility index (Phi) is 4.19. The molecule has 0 saturated carbocycles. The molecule has 0 spiro atoms. The van der Waals surface area contributed by atoms with Crippen LogP contribution in [0.1, 0.15) is 5.56 Å². The predicted molar refractivity (Wildman–Crippen MR) is 54.0 cm³/mol. The van der Waals surface area contributed by atoms with Crippen molar-refractivity contribution in [2.24, 2.45) is 0 Å². The van der Waals surface area contributed by atoms with Crippen molar-refractivity contribution in [3.05, 3.63) is 42.8 Å². The molecule has 1 rings (SSSR count). The zero-order valence-electron chi connectivity index (χ0n) is 6.94. The molecule has 1 radical (unpaired) electrons. The smallest absolute Gasteiger partial charge is 0.0631 e. The van der Waals surface area contributed by atoms with Crippen LogP contribution in [0, 0.1) is 6.92 Å². The summed E-state index contributed by atoms with van der Waals surface area (Å²) in [5.74, 6) is 1.66. The second-order valence-corrected chi connectivity index (χ2v) is 3.68. The summed E-state index contributed by atoms with van der Waals surface area (Å²) in [6.07, 6.45) is -0.446. The fourth-order valence-electron chi connectivity index (χ4n) is 0.887. The minimum atomic E-state index is -0.446. The van der Waals surface area contributed by atoms with Gasteiger partial charge in [0.2, 0.25) is 0 Å². The van der Waals surface area contributed by atoms with E-state index in [1.165, 1.54) is 5.56 Å². The van der Waals surface area contributed by atoms with E-state index >= 15 is 0 Å². The highest BCUT2D eigenvalue weighted by Crippen LogP contribution is 2.12. The minimum Gasteiger partial charge on any atom is -0.392 e. The van der Waals surface area contributed by atoms with E-state index in [1.807, 2.05) is 18.2 Å². The molecule has 0 amide bonds. The highest BCUT2D eigenvalue weighted by molar-refractivity contribution is 7.98. The lowest BCUT2D eigenvalue weighted by Crippen LogP contribution is -2.03. The van der Waals surface area contributed by atoms with E-state index in [1.54, 1.807) is 11.8 Å². The molecule has 65 valence electrons. The van der Waals surface area contributed by atoms with Crippen LogP contribution >= 0.6 is 11.8 Å². The third-order valence-corrected chi connectivity index (χ3v) is 2.58. The van der Waals surface area contributed by atoms with Gasteiger partial charge in [0, 0.05) is 11.5 Å². The molecular formula is C10H13OS. The molecule has 1 N–H and O–H groups in total. The van der Waals surface area contributed by atoms with Crippen LogP contribution in [-0.4, -0.2) is 17.0 Å². The molecule has 1 unspecified atom stereocenters. The highest BCUT2D eigenvalue weighted by atomic mass is 32.2. The Hall–Kier alpha value is -0.470. The van der Waals surface area contributed by atoms with E-state index < -0.39 is 6.10 Å². The molecule has 0 bridgehead atoms. The average molecular weight is 181 g/mol. The summed E-state index contributed by atoms with van der Waals surface area (Å²) in [5.41, 5.74) is 1.29. The highest BCUT2D eigenvalue weighted by Gasteiger charge is 1.96. The first-order valence-corrected chi connectivity index (χ1v) is 5.07. The quantitative estimate of drug-likeness (QED) is 0.767. The molecule has 0 saturated heterocycles. The minimum absolute atomic E-state index is 0.446. The maximum Gasteiger partial charge on any atom is 0.0631 e. The van der Waals surface area contributed by atoms with Crippen LogP contribution in [0.2, 0.25) is 0 Å². The lowest BCUT2D eigenvalue weighted by Gasteiger charge is -2.03. The molecule has 1 nitrogen and oxygen atoms in total. The van der Waals surface area contributed by atoms with Gasteiger partial charge in [-0.2, -0.15) is 11.8 Å². The molecule has 1 aromatic carbocycles. The average Bonchev–Trinajstić information content (AvgIpc) is 2.05. The fraction of sp³-hybridized carbons (Fsp3) is 0.300. The van der Waals surface area contributed by atoms with Gasteiger partial charge in [-0.15, -0.1) is 0 Å². The molecule has 1 atom stereocenters. The third-order valence-electron chi connectivity index (χ3n) is 1.42. The Morgan fingerprint density at radius 1 is 1.33 bits per heavy atom. The molecule has 1 aromatic rings. The van der Waals surface area contributed by atoms with E-state index in [4.69, 9.17) is 5.11 Å². The summed E-state index contributed by atoms with van der Waals surface area (Å²) in [6, 6.07) is 10.2. The van der Waals surface area contributed by atoms with Gasteiger partial charge in [0.25, 0.3) is 0 Å². The van der Waals surface area contributed by atoms with E-state index in [-0.39, 0.29) is 0 Å². The number of hydrogen-bond acceptors (Lipinski definition) is 2. The van der Waals surface area contributed by atoms with Gasteiger partial charge in [0.15, 0.2) is 0 Å². The number of aliphatic hydroxyl groups is 1. The molecule has 0 aliphatic carbocycles. The van der Waals surface area contributed by atoms with Crippen LogP contribution in [0.3, 0.4) is 0 Å². The van der Waals surface area contributed by atoms with Gasteiger partial charge in [-0.1, -0.05) is 30.3 Å². The molecule has 0 heterocycles. The molecule has 0 aliphatic rings. The van der Waals surface area contributed by atoms with E-state index in [2.05, 4.69) is 19.1 Å². The van der Waals surface area contributed by atoms with Gasteiger partial charge in [-0.25, -0.2) is 0 Å². The molecule has 2 heteroatoms. The first kappa shape index (κ1) is 9.62. The van der Waals surface area contributed by atoms with Crippen molar-refractivity contribution in [1.82, 2.24) is 0 Å². The first-order valence-electron chi connectivity index (χ1n) is 3.92. The van der Waals surface area contributed by atoms with E-state index in [0.717, 1.165) is 5.75 Å². The van der Waals surface area contributed by atoms with Crippen LogP contribution in [0.25, 0.3) is 0 Å². The van der Waals surface area contributed by atoms with E-state index in [9.17, 15) is 0 Å². The summed E-state index contributed by atoms with van der Waals surface area (Å²) in [4.78, 5) is 0. The fourth-order valence-corrected chi connectivity index (χ4v) is 1.71. The van der Waals surface area contributed by atoms with Crippen LogP contribution in [0.4, 0.5) is 0 Å². The Bertz CT molecular complexity index is 208. The number of rotatable bonds is 4. The summed E-state index contributed by atoms with van der Waals surface area (Å²) in [7, 11) is 0. The molecule has 12 heavy (non-hydrogen) atoms. The summed E-state index contributed by atoms with van der Waals surface area (Å²) in [5, 5.41) is 8.90. The van der Waals surface area contributed by atoms with Crippen molar-refractivity contribution in [3.8, 4) is 0 Å². The van der Waals surface area contributed by atoms with Gasteiger partial charge in [-0.05, 0) is 12.5 Å². The molecule has 0 fully saturated rings. The molecular weight excluding hydrogens is 168 g/mol. The van der Waals surface area contributed by atoms with Gasteiger partial charge in [0.05, 0.1) is 6.10 Å². The lowest BCUT2D eigenvalue weighted by atomic mass is 10.2. The van der Waals surface area contributed by atoms with Gasteiger partial charge >= 0.3 is 0 Å². The van der Waals surface area contributed by atoms with Crippen molar-refractivity contribution in [2.75, 3.05) is 5.75 Å². The number of benzene rings is 1. The second kappa shape index (κ2) is 5.22. The van der Waals surface area contributed by atoms with Crippen molar-refractivity contribution in [3.63, 3.8) is 0 Å². The summed E-state index contributed by atoms with van der Waals surface area (Å²) in [6.45, 7) is 3.50. The van der Waals surface area contributed by atoms with Crippen LogP contribution < -0.4 is 0 Å². The predicted octanol–water partition coefficient (Wildman–Crippen LogP) is 2.11. The van der Waals surface area contributed by atoms with Crippen LogP contribution in [0.15, 0.2) is 30.3 Å². The monoisotopic (exact) mass is 181 g/mol. The Labute approximate surface area is 77.8 Å². The van der Waals surface area contributed by atoms with Crippen LogP contribution in [-0.2, 0) is 5.75 Å². The number of aliphatic hydroxyl groups excluding tert-OH is 1. The van der Waals surface area contributed by atoms with Gasteiger partial charge in [0.1, 0.15) is 0 Å². The van der Waals surface area contributed by atoms with Crippen molar-refractivity contribution in [2.45, 2.75) is 11.9 Å². The van der Waals surface area contributed by atoms with Crippen molar-refractivity contribution >= 4 is 11.8 Å².